The first-order valence-electron chi connectivity index (χ1n) is 6.02. The van der Waals surface area contributed by atoms with Crippen LogP contribution in [0.4, 0.5) is 10.3 Å². The van der Waals surface area contributed by atoms with Gasteiger partial charge < -0.3 is 5.73 Å². The van der Waals surface area contributed by atoms with Crippen LogP contribution in [0.2, 0.25) is 0 Å². The highest BCUT2D eigenvalue weighted by Crippen LogP contribution is 2.17. The maximum atomic E-state index is 13.4. The molecule has 1 aromatic heterocycles. The van der Waals surface area contributed by atoms with Gasteiger partial charge >= 0.3 is 0 Å². The Morgan fingerprint density at radius 1 is 1.24 bits per heavy atom. The lowest BCUT2D eigenvalue weighted by Gasteiger charge is -2.08. The van der Waals surface area contributed by atoms with Crippen molar-refractivity contribution < 1.29 is 12.8 Å². The van der Waals surface area contributed by atoms with E-state index in [0.717, 1.165) is 12.1 Å². The van der Waals surface area contributed by atoms with Crippen LogP contribution in [0.3, 0.4) is 0 Å². The molecule has 1 aromatic carbocycles. The zero-order valence-corrected chi connectivity index (χ0v) is 12.3. The van der Waals surface area contributed by atoms with Crippen molar-refractivity contribution >= 4 is 16.0 Å². The van der Waals surface area contributed by atoms with Crippen LogP contribution >= 0.6 is 0 Å². The molecule has 0 saturated carbocycles. The Labute approximate surface area is 121 Å². The third-order valence-corrected chi connectivity index (χ3v) is 4.19. The van der Waals surface area contributed by atoms with Gasteiger partial charge in [0.15, 0.2) is 0 Å². The molecule has 9 heteroatoms. The highest BCUT2D eigenvalue weighted by Gasteiger charge is 2.18. The monoisotopic (exact) mass is 311 g/mol. The van der Waals surface area contributed by atoms with Gasteiger partial charge in [0, 0.05) is 12.1 Å². The Morgan fingerprint density at radius 2 is 1.95 bits per heavy atom. The second-order valence-electron chi connectivity index (χ2n) is 4.37. The lowest BCUT2D eigenvalue weighted by atomic mass is 10.2. The molecular formula is C12H14FN5O2S. The van der Waals surface area contributed by atoms with Gasteiger partial charge in [0.25, 0.3) is 16.0 Å². The molecule has 0 amide bonds. The third kappa shape index (κ3) is 3.31. The highest BCUT2D eigenvalue weighted by molar-refractivity contribution is 7.92. The first-order chi connectivity index (χ1) is 9.83. The lowest BCUT2D eigenvalue weighted by molar-refractivity contribution is 0.596. The van der Waals surface area contributed by atoms with E-state index in [4.69, 9.17) is 5.73 Å². The van der Waals surface area contributed by atoms with Gasteiger partial charge in [-0.25, -0.2) is 22.5 Å². The van der Waals surface area contributed by atoms with E-state index in [9.17, 15) is 12.8 Å². The highest BCUT2D eigenvalue weighted by atomic mass is 32.2. The fraction of sp³-hybridized carbons (Fsp3) is 0.250. The standard InChI is InChI=1S/C12H14FN5O2S/c1-7-8(2)16-17-12(15-7)18-21(19,20)10-3-4-11(13)9(5-10)6-14/h3-5H,6,14H2,1-2H3,(H,15,17,18). The summed E-state index contributed by atoms with van der Waals surface area (Å²) in [4.78, 5) is 3.86. The van der Waals surface area contributed by atoms with Crippen molar-refractivity contribution in [1.29, 1.82) is 0 Å². The summed E-state index contributed by atoms with van der Waals surface area (Å²) in [6.07, 6.45) is 0. The van der Waals surface area contributed by atoms with Crippen LogP contribution in [0.5, 0.6) is 0 Å². The fourth-order valence-corrected chi connectivity index (χ4v) is 2.54. The molecule has 0 saturated heterocycles. The molecule has 0 atom stereocenters. The topological polar surface area (TPSA) is 111 Å². The van der Waals surface area contributed by atoms with Crippen molar-refractivity contribution in [3.8, 4) is 0 Å². The van der Waals surface area contributed by atoms with Crippen LogP contribution in [0.1, 0.15) is 17.0 Å². The zero-order chi connectivity index (χ0) is 15.6. The minimum atomic E-state index is -3.93. The Bertz CT molecular complexity index is 779. The number of aryl methyl sites for hydroxylation is 2. The van der Waals surface area contributed by atoms with Crippen LogP contribution < -0.4 is 10.5 Å². The van der Waals surface area contributed by atoms with Crippen molar-refractivity contribution in [3.05, 3.63) is 41.0 Å². The third-order valence-electron chi connectivity index (χ3n) is 2.86. The van der Waals surface area contributed by atoms with Gasteiger partial charge in [0.2, 0.25) is 0 Å². The Hall–Kier alpha value is -2.13. The lowest BCUT2D eigenvalue weighted by Crippen LogP contribution is -2.17. The van der Waals surface area contributed by atoms with Gasteiger partial charge in [0.1, 0.15) is 5.82 Å². The van der Waals surface area contributed by atoms with Crippen LogP contribution in [-0.4, -0.2) is 23.6 Å². The van der Waals surface area contributed by atoms with E-state index >= 15 is 0 Å². The van der Waals surface area contributed by atoms with E-state index in [0.29, 0.717) is 11.4 Å². The number of halogens is 1. The van der Waals surface area contributed by atoms with Crippen LogP contribution in [0, 0.1) is 19.7 Å². The zero-order valence-electron chi connectivity index (χ0n) is 11.5. The van der Waals surface area contributed by atoms with E-state index < -0.39 is 15.8 Å². The molecule has 0 spiro atoms. The van der Waals surface area contributed by atoms with Gasteiger partial charge in [-0.15, -0.1) is 5.10 Å². The molecule has 112 valence electrons. The summed E-state index contributed by atoms with van der Waals surface area (Å²) in [5.74, 6) is -0.697. The Kier molecular flexibility index (Phi) is 4.14. The maximum absolute atomic E-state index is 13.4. The van der Waals surface area contributed by atoms with Gasteiger partial charge in [0.05, 0.1) is 16.3 Å². The number of aromatic nitrogens is 3. The summed E-state index contributed by atoms with van der Waals surface area (Å²) in [5, 5.41) is 7.44. The molecule has 7 nitrogen and oxygen atoms in total. The predicted molar refractivity (Wildman–Crippen MR) is 74.4 cm³/mol. The van der Waals surface area contributed by atoms with Gasteiger partial charge in [-0.3, -0.25) is 0 Å². The Balaban J connectivity index is 2.35. The van der Waals surface area contributed by atoms with Crippen molar-refractivity contribution in [2.75, 3.05) is 4.72 Å². The average Bonchev–Trinajstić information content (AvgIpc) is 2.43. The average molecular weight is 311 g/mol. The maximum Gasteiger partial charge on any atom is 0.264 e. The normalized spacial score (nSPS) is 11.4. The SMILES string of the molecule is Cc1nnc(NS(=O)(=O)c2ccc(F)c(CN)c2)nc1C. The number of hydrogen-bond acceptors (Lipinski definition) is 6. The Morgan fingerprint density at radius 3 is 2.57 bits per heavy atom. The minimum absolute atomic E-state index is 0.100. The van der Waals surface area contributed by atoms with Gasteiger partial charge in [-0.05, 0) is 32.0 Å². The van der Waals surface area contributed by atoms with E-state index in [1.165, 1.54) is 6.07 Å². The summed E-state index contributed by atoms with van der Waals surface area (Å²) in [5.41, 5.74) is 6.63. The number of nitrogens with two attached hydrogens (primary N) is 1. The van der Waals surface area contributed by atoms with Crippen LogP contribution in [0.15, 0.2) is 23.1 Å². The number of anilines is 1. The molecule has 0 aliphatic carbocycles. The van der Waals surface area contributed by atoms with Crippen molar-refractivity contribution in [2.45, 2.75) is 25.3 Å². The van der Waals surface area contributed by atoms with Gasteiger partial charge in [-0.1, -0.05) is 0 Å². The van der Waals surface area contributed by atoms with E-state index in [2.05, 4.69) is 19.9 Å². The second-order valence-corrected chi connectivity index (χ2v) is 6.05. The first kappa shape index (κ1) is 15.3. The number of benzene rings is 1. The molecule has 0 aliphatic heterocycles. The molecule has 0 unspecified atom stereocenters. The first-order valence-corrected chi connectivity index (χ1v) is 7.51. The molecule has 2 rings (SSSR count). The number of nitrogens with one attached hydrogen (secondary N) is 1. The number of rotatable bonds is 4. The van der Waals surface area contributed by atoms with Crippen molar-refractivity contribution in [2.24, 2.45) is 5.73 Å². The fourth-order valence-electron chi connectivity index (χ4n) is 1.55. The number of hydrogen-bond donors (Lipinski definition) is 2. The van der Waals surface area contributed by atoms with Crippen molar-refractivity contribution in [3.63, 3.8) is 0 Å². The summed E-state index contributed by atoms with van der Waals surface area (Å²) in [7, 11) is -3.93. The summed E-state index contributed by atoms with van der Waals surface area (Å²) in [6, 6.07) is 3.37. The summed E-state index contributed by atoms with van der Waals surface area (Å²) < 4.78 is 39.9. The largest absolute Gasteiger partial charge is 0.326 e. The molecule has 0 bridgehead atoms. The molecule has 0 aliphatic rings. The van der Waals surface area contributed by atoms with E-state index in [1.54, 1.807) is 13.8 Å². The minimum Gasteiger partial charge on any atom is -0.326 e. The summed E-state index contributed by atoms with van der Waals surface area (Å²) >= 11 is 0. The van der Waals surface area contributed by atoms with E-state index in [-0.39, 0.29) is 23.0 Å². The molecular weight excluding hydrogens is 297 g/mol. The van der Waals surface area contributed by atoms with Crippen LogP contribution in [0.25, 0.3) is 0 Å². The second kappa shape index (κ2) is 5.70. The smallest absolute Gasteiger partial charge is 0.264 e. The van der Waals surface area contributed by atoms with Crippen LogP contribution in [-0.2, 0) is 16.6 Å². The predicted octanol–water partition coefficient (Wildman–Crippen LogP) is 0.887. The summed E-state index contributed by atoms with van der Waals surface area (Å²) in [6.45, 7) is 3.30. The molecule has 1 heterocycles. The molecule has 0 fully saturated rings. The van der Waals surface area contributed by atoms with E-state index in [1.807, 2.05) is 0 Å². The molecule has 2 aromatic rings. The molecule has 0 radical (unpaired) electrons. The number of nitrogens with zero attached hydrogens (tertiary/aromatic N) is 3. The number of sulfonamides is 1. The quantitative estimate of drug-likeness (QED) is 0.867. The molecule has 21 heavy (non-hydrogen) atoms. The van der Waals surface area contributed by atoms with Crippen molar-refractivity contribution in [1.82, 2.24) is 15.2 Å². The molecule has 3 N–H and O–H groups in total. The van der Waals surface area contributed by atoms with Gasteiger partial charge in [-0.2, -0.15) is 5.10 Å².